The average Bonchev–Trinajstić information content (AvgIpc) is 3.24. The highest BCUT2D eigenvalue weighted by molar-refractivity contribution is 14.0. The van der Waals surface area contributed by atoms with E-state index in [4.69, 9.17) is 11.6 Å². The van der Waals surface area contributed by atoms with Crippen molar-refractivity contribution in [3.05, 3.63) is 34.9 Å². The predicted molar refractivity (Wildman–Crippen MR) is 125 cm³/mol. The molecule has 0 spiro atoms. The number of carbonyl (C=O) groups is 1. The lowest BCUT2D eigenvalue weighted by Gasteiger charge is -2.39. The average molecular weight is 520 g/mol. The van der Waals surface area contributed by atoms with Crippen molar-refractivity contribution >= 4 is 47.4 Å². The summed E-state index contributed by atoms with van der Waals surface area (Å²) < 4.78 is 0. The number of carbonyl (C=O) groups excluding carboxylic acids is 1. The van der Waals surface area contributed by atoms with Gasteiger partial charge in [0.05, 0.1) is 6.04 Å². The van der Waals surface area contributed by atoms with Gasteiger partial charge in [0, 0.05) is 57.9 Å². The molecule has 0 aliphatic carbocycles. The van der Waals surface area contributed by atoms with Crippen molar-refractivity contribution < 1.29 is 4.79 Å². The first-order valence-electron chi connectivity index (χ1n) is 9.81. The summed E-state index contributed by atoms with van der Waals surface area (Å²) in [4.78, 5) is 23.6. The lowest BCUT2D eigenvalue weighted by atomic mass is 10.2. The molecule has 6 nitrogen and oxygen atoms in total. The quantitative estimate of drug-likeness (QED) is 0.378. The first kappa shape index (κ1) is 23.2. The van der Waals surface area contributed by atoms with Crippen LogP contribution in [0.25, 0.3) is 0 Å². The Morgan fingerprint density at radius 2 is 1.68 bits per heavy atom. The largest absolute Gasteiger partial charge is 0.352 e. The van der Waals surface area contributed by atoms with Crippen molar-refractivity contribution in [2.45, 2.75) is 32.4 Å². The molecule has 1 aromatic rings. The fourth-order valence-electron chi connectivity index (χ4n) is 3.79. The molecule has 156 valence electrons. The van der Waals surface area contributed by atoms with Crippen LogP contribution in [-0.2, 0) is 11.3 Å². The number of hydrogen-bond acceptors (Lipinski definition) is 3. The number of guanidine groups is 1. The third kappa shape index (κ3) is 5.97. The summed E-state index contributed by atoms with van der Waals surface area (Å²) in [5.41, 5.74) is 1.17. The minimum Gasteiger partial charge on any atom is -0.352 e. The normalized spacial score (nSPS) is 19.3. The van der Waals surface area contributed by atoms with Crippen LogP contribution in [0.3, 0.4) is 0 Å². The van der Waals surface area contributed by atoms with Crippen molar-refractivity contribution in [1.29, 1.82) is 0 Å². The van der Waals surface area contributed by atoms with E-state index >= 15 is 0 Å². The molecule has 2 aliphatic heterocycles. The SMILES string of the molecule is CN=C(NCc1ccc(Cl)cc1)N1CCN(C(C)C(=O)N2CCCC2)CC1.I. The Morgan fingerprint density at radius 3 is 2.25 bits per heavy atom. The minimum absolute atomic E-state index is 0. The van der Waals surface area contributed by atoms with Crippen LogP contribution < -0.4 is 5.32 Å². The maximum atomic E-state index is 12.6. The van der Waals surface area contributed by atoms with Gasteiger partial charge in [-0.05, 0) is 37.5 Å². The lowest BCUT2D eigenvalue weighted by molar-refractivity contribution is -0.135. The Bertz CT molecular complexity index is 655. The van der Waals surface area contributed by atoms with Gasteiger partial charge in [-0.15, -0.1) is 24.0 Å². The van der Waals surface area contributed by atoms with Gasteiger partial charge in [-0.3, -0.25) is 14.7 Å². The molecule has 1 atom stereocenters. The van der Waals surface area contributed by atoms with Gasteiger partial charge in [0.25, 0.3) is 0 Å². The van der Waals surface area contributed by atoms with Crippen molar-refractivity contribution in [3.63, 3.8) is 0 Å². The van der Waals surface area contributed by atoms with E-state index in [9.17, 15) is 4.79 Å². The lowest BCUT2D eigenvalue weighted by Crippen LogP contribution is -2.57. The summed E-state index contributed by atoms with van der Waals surface area (Å²) in [7, 11) is 1.82. The van der Waals surface area contributed by atoms with Crippen molar-refractivity contribution in [2.24, 2.45) is 4.99 Å². The van der Waals surface area contributed by atoms with Crippen LogP contribution in [0.5, 0.6) is 0 Å². The Labute approximate surface area is 190 Å². The molecule has 1 unspecified atom stereocenters. The van der Waals surface area contributed by atoms with E-state index in [0.717, 1.165) is 63.1 Å². The summed E-state index contributed by atoms with van der Waals surface area (Å²) in [5.74, 6) is 1.19. The molecule has 0 bridgehead atoms. The van der Waals surface area contributed by atoms with E-state index in [1.54, 1.807) is 0 Å². The monoisotopic (exact) mass is 519 g/mol. The van der Waals surface area contributed by atoms with Crippen LogP contribution in [0.2, 0.25) is 5.02 Å². The summed E-state index contributed by atoms with van der Waals surface area (Å²) in [6, 6.07) is 7.81. The third-order valence-corrected chi connectivity index (χ3v) is 5.76. The van der Waals surface area contributed by atoms with Crippen LogP contribution >= 0.6 is 35.6 Å². The number of rotatable bonds is 4. The zero-order valence-electron chi connectivity index (χ0n) is 16.7. The molecule has 28 heavy (non-hydrogen) atoms. The fourth-order valence-corrected chi connectivity index (χ4v) is 3.92. The first-order chi connectivity index (χ1) is 13.1. The highest BCUT2D eigenvalue weighted by Gasteiger charge is 2.30. The summed E-state index contributed by atoms with van der Waals surface area (Å²) >= 11 is 5.94. The van der Waals surface area contributed by atoms with Crippen molar-refractivity contribution in [1.82, 2.24) is 20.0 Å². The molecule has 2 aliphatic rings. The number of likely N-dealkylation sites (tertiary alicyclic amines) is 1. The number of aliphatic imine (C=N–C) groups is 1. The Hall–Kier alpha value is -1.06. The van der Waals surface area contributed by atoms with Gasteiger partial charge in [0.1, 0.15) is 0 Å². The maximum Gasteiger partial charge on any atom is 0.239 e. The standard InChI is InChI=1S/C20H30ClN5O.HI/c1-16(19(27)25-9-3-4-10-25)24-11-13-26(14-12-24)20(22-2)23-15-17-5-7-18(21)8-6-17;/h5-8,16H,3-4,9-15H2,1-2H3,(H,22,23);1H. The van der Waals surface area contributed by atoms with E-state index in [-0.39, 0.29) is 35.9 Å². The molecule has 0 aromatic heterocycles. The molecule has 3 rings (SSSR count). The molecule has 2 heterocycles. The Morgan fingerprint density at radius 1 is 1.07 bits per heavy atom. The number of halogens is 2. The molecule has 0 saturated carbocycles. The number of hydrogen-bond donors (Lipinski definition) is 1. The van der Waals surface area contributed by atoms with E-state index < -0.39 is 0 Å². The number of piperazine rings is 1. The zero-order chi connectivity index (χ0) is 19.2. The van der Waals surface area contributed by atoms with Crippen molar-refractivity contribution in [3.8, 4) is 0 Å². The summed E-state index contributed by atoms with van der Waals surface area (Å²) in [6.07, 6.45) is 2.28. The number of amides is 1. The van der Waals surface area contributed by atoms with Gasteiger partial charge < -0.3 is 15.1 Å². The van der Waals surface area contributed by atoms with Crippen LogP contribution in [0, 0.1) is 0 Å². The minimum atomic E-state index is -0.0331. The topological polar surface area (TPSA) is 51.2 Å². The van der Waals surface area contributed by atoms with Crippen LogP contribution in [-0.4, -0.2) is 78.9 Å². The Balaban J connectivity index is 0.00000280. The van der Waals surface area contributed by atoms with E-state index in [2.05, 4.69) is 20.1 Å². The first-order valence-corrected chi connectivity index (χ1v) is 10.2. The molecule has 2 fully saturated rings. The maximum absolute atomic E-state index is 12.6. The van der Waals surface area contributed by atoms with Gasteiger partial charge in [-0.25, -0.2) is 0 Å². The van der Waals surface area contributed by atoms with E-state index in [1.165, 1.54) is 5.56 Å². The molecule has 1 N–H and O–H groups in total. The van der Waals surface area contributed by atoms with E-state index in [0.29, 0.717) is 6.54 Å². The van der Waals surface area contributed by atoms with Gasteiger partial charge in [0.15, 0.2) is 5.96 Å². The molecule has 0 radical (unpaired) electrons. The van der Waals surface area contributed by atoms with Crippen LogP contribution in [0.1, 0.15) is 25.3 Å². The zero-order valence-corrected chi connectivity index (χ0v) is 19.8. The van der Waals surface area contributed by atoms with Gasteiger partial charge in [0.2, 0.25) is 5.91 Å². The highest BCUT2D eigenvalue weighted by atomic mass is 127. The highest BCUT2D eigenvalue weighted by Crippen LogP contribution is 2.14. The second-order valence-electron chi connectivity index (χ2n) is 7.26. The molecule has 2 saturated heterocycles. The number of nitrogens with zero attached hydrogens (tertiary/aromatic N) is 4. The molecule has 1 amide bonds. The van der Waals surface area contributed by atoms with Gasteiger partial charge in [-0.1, -0.05) is 23.7 Å². The molecular weight excluding hydrogens is 489 g/mol. The van der Waals surface area contributed by atoms with Gasteiger partial charge in [-0.2, -0.15) is 0 Å². The van der Waals surface area contributed by atoms with Crippen molar-refractivity contribution in [2.75, 3.05) is 46.3 Å². The second kappa shape index (κ2) is 11.2. The smallest absolute Gasteiger partial charge is 0.239 e. The molecular formula is C20H31ClIN5O. The molecule has 1 aromatic carbocycles. The van der Waals surface area contributed by atoms with Crippen LogP contribution in [0.4, 0.5) is 0 Å². The predicted octanol–water partition coefficient (Wildman–Crippen LogP) is 2.66. The number of nitrogens with one attached hydrogen (secondary N) is 1. The Kier molecular flexibility index (Phi) is 9.30. The van der Waals surface area contributed by atoms with E-state index in [1.807, 2.05) is 43.1 Å². The fraction of sp³-hybridized carbons (Fsp3) is 0.600. The molecule has 8 heteroatoms. The second-order valence-corrected chi connectivity index (χ2v) is 7.70. The third-order valence-electron chi connectivity index (χ3n) is 5.51. The summed E-state index contributed by atoms with van der Waals surface area (Å²) in [6.45, 7) is 8.10. The summed E-state index contributed by atoms with van der Waals surface area (Å²) in [5, 5.41) is 4.17. The number of benzene rings is 1. The van der Waals surface area contributed by atoms with Gasteiger partial charge >= 0.3 is 0 Å². The van der Waals surface area contributed by atoms with Crippen LogP contribution in [0.15, 0.2) is 29.3 Å².